The highest BCUT2D eigenvalue weighted by atomic mass is 32.1. The minimum atomic E-state index is -0.353. The smallest absolute Gasteiger partial charge is 0.231 e. The van der Waals surface area contributed by atoms with Gasteiger partial charge in [0, 0.05) is 26.6 Å². The molecule has 1 atom stereocenters. The lowest BCUT2D eigenvalue weighted by Crippen LogP contribution is -2.30. The van der Waals surface area contributed by atoms with Gasteiger partial charge < -0.3 is 15.0 Å². The van der Waals surface area contributed by atoms with E-state index in [1.807, 2.05) is 17.5 Å². The number of rotatable bonds is 6. The molecule has 0 radical (unpaired) electrons. The number of carbonyl (C=O) groups excluding carboxylic acids is 2. The van der Waals surface area contributed by atoms with Crippen molar-refractivity contribution >= 4 is 39.6 Å². The predicted molar refractivity (Wildman–Crippen MR) is 88.4 cm³/mol. The molecule has 3 rings (SSSR count). The largest absolute Gasteiger partial charge is 0.383 e. The fourth-order valence-corrected chi connectivity index (χ4v) is 3.88. The van der Waals surface area contributed by atoms with Crippen LogP contribution in [0.2, 0.25) is 0 Å². The zero-order valence-corrected chi connectivity index (χ0v) is 14.2. The highest BCUT2D eigenvalue weighted by Crippen LogP contribution is 2.30. The van der Waals surface area contributed by atoms with Gasteiger partial charge in [-0.05, 0) is 11.4 Å². The second-order valence-corrected chi connectivity index (χ2v) is 7.04. The van der Waals surface area contributed by atoms with Crippen LogP contribution in [0.5, 0.6) is 0 Å². The maximum Gasteiger partial charge on any atom is 0.231 e. The van der Waals surface area contributed by atoms with Crippen LogP contribution in [0.4, 0.5) is 5.13 Å². The monoisotopic (exact) mass is 352 g/mol. The molecule has 0 bridgehead atoms. The van der Waals surface area contributed by atoms with Crippen molar-refractivity contribution in [2.75, 3.05) is 32.1 Å². The SMILES string of the molecule is COCCN1CC(C(=O)Nc2nnc(-c3cccs3)s2)CC1=O. The molecule has 0 aromatic carbocycles. The number of aromatic nitrogens is 2. The number of nitrogens with one attached hydrogen (secondary N) is 1. The number of hydrogen-bond donors (Lipinski definition) is 1. The highest BCUT2D eigenvalue weighted by Gasteiger charge is 2.34. The molecule has 1 unspecified atom stereocenters. The third kappa shape index (κ3) is 3.74. The van der Waals surface area contributed by atoms with Gasteiger partial charge in [0.1, 0.15) is 0 Å². The fourth-order valence-electron chi connectivity index (χ4n) is 2.35. The summed E-state index contributed by atoms with van der Waals surface area (Å²) in [5.41, 5.74) is 0. The Hall–Kier alpha value is -1.84. The van der Waals surface area contributed by atoms with Gasteiger partial charge in [0.25, 0.3) is 0 Å². The van der Waals surface area contributed by atoms with Gasteiger partial charge in [0.05, 0.1) is 17.4 Å². The molecule has 0 saturated carbocycles. The van der Waals surface area contributed by atoms with Crippen molar-refractivity contribution in [3.8, 4) is 9.88 Å². The molecule has 9 heteroatoms. The van der Waals surface area contributed by atoms with Crippen molar-refractivity contribution in [2.45, 2.75) is 6.42 Å². The molecular weight excluding hydrogens is 336 g/mol. The van der Waals surface area contributed by atoms with E-state index in [9.17, 15) is 9.59 Å². The first-order valence-electron chi connectivity index (χ1n) is 7.12. The minimum Gasteiger partial charge on any atom is -0.383 e. The Kier molecular flexibility index (Phi) is 4.99. The van der Waals surface area contributed by atoms with E-state index in [2.05, 4.69) is 15.5 Å². The van der Waals surface area contributed by atoms with E-state index in [0.717, 1.165) is 9.88 Å². The van der Waals surface area contributed by atoms with E-state index in [0.29, 0.717) is 24.8 Å². The van der Waals surface area contributed by atoms with E-state index < -0.39 is 0 Å². The zero-order chi connectivity index (χ0) is 16.2. The zero-order valence-electron chi connectivity index (χ0n) is 12.5. The van der Waals surface area contributed by atoms with E-state index in [1.165, 1.54) is 11.3 Å². The normalized spacial score (nSPS) is 17.7. The maximum absolute atomic E-state index is 12.3. The Balaban J connectivity index is 1.58. The molecule has 1 aliphatic rings. The minimum absolute atomic E-state index is 0.0151. The number of methoxy groups -OCH3 is 1. The number of carbonyl (C=O) groups is 2. The molecule has 1 saturated heterocycles. The van der Waals surface area contributed by atoms with Crippen LogP contribution < -0.4 is 5.32 Å². The number of thiophene rings is 1. The number of hydrogen-bond acceptors (Lipinski definition) is 7. The van der Waals surface area contributed by atoms with Crippen LogP contribution in [0, 0.1) is 5.92 Å². The first-order valence-corrected chi connectivity index (χ1v) is 8.82. The van der Waals surface area contributed by atoms with Gasteiger partial charge in [-0.1, -0.05) is 17.4 Å². The van der Waals surface area contributed by atoms with Crippen LogP contribution in [-0.2, 0) is 14.3 Å². The first-order chi connectivity index (χ1) is 11.2. The van der Waals surface area contributed by atoms with Gasteiger partial charge in [-0.2, -0.15) is 0 Å². The number of ether oxygens (including phenoxy) is 1. The molecule has 1 fully saturated rings. The first kappa shape index (κ1) is 16.0. The molecule has 7 nitrogen and oxygen atoms in total. The molecule has 23 heavy (non-hydrogen) atoms. The third-order valence-electron chi connectivity index (χ3n) is 3.54. The summed E-state index contributed by atoms with van der Waals surface area (Å²) in [6.07, 6.45) is 0.228. The lowest BCUT2D eigenvalue weighted by Gasteiger charge is -2.15. The second kappa shape index (κ2) is 7.16. The Morgan fingerprint density at radius 2 is 2.39 bits per heavy atom. The molecule has 1 N–H and O–H groups in total. The fraction of sp³-hybridized carbons (Fsp3) is 0.429. The summed E-state index contributed by atoms with van der Waals surface area (Å²) in [7, 11) is 1.59. The Labute approximate surface area is 141 Å². The third-order valence-corrected chi connectivity index (χ3v) is 5.42. The molecular formula is C14H16N4O3S2. The molecule has 3 heterocycles. The van der Waals surface area contributed by atoms with Gasteiger partial charge >= 0.3 is 0 Å². The molecule has 1 aliphatic heterocycles. The van der Waals surface area contributed by atoms with Gasteiger partial charge in [0.15, 0.2) is 5.01 Å². The van der Waals surface area contributed by atoms with Crippen LogP contribution in [0.25, 0.3) is 9.88 Å². The summed E-state index contributed by atoms with van der Waals surface area (Å²) >= 11 is 2.90. The highest BCUT2D eigenvalue weighted by molar-refractivity contribution is 7.23. The van der Waals surface area contributed by atoms with Crippen LogP contribution in [-0.4, -0.2) is 53.7 Å². The van der Waals surface area contributed by atoms with Gasteiger partial charge in [0.2, 0.25) is 16.9 Å². The van der Waals surface area contributed by atoms with Gasteiger partial charge in [-0.3, -0.25) is 9.59 Å². The van der Waals surface area contributed by atoms with Crippen molar-refractivity contribution in [2.24, 2.45) is 5.92 Å². The Morgan fingerprint density at radius 3 is 3.13 bits per heavy atom. The Bertz CT molecular complexity index is 686. The van der Waals surface area contributed by atoms with Crippen molar-refractivity contribution in [3.63, 3.8) is 0 Å². The average molecular weight is 352 g/mol. The average Bonchev–Trinajstić information content (AvgIpc) is 3.25. The summed E-state index contributed by atoms with van der Waals surface area (Å²) in [4.78, 5) is 26.8. The lowest BCUT2D eigenvalue weighted by molar-refractivity contribution is -0.128. The quantitative estimate of drug-likeness (QED) is 0.855. The number of likely N-dealkylation sites (tertiary alicyclic amines) is 1. The number of amides is 2. The van der Waals surface area contributed by atoms with Crippen LogP contribution in [0.1, 0.15) is 6.42 Å². The molecule has 0 spiro atoms. The van der Waals surface area contributed by atoms with Crippen LogP contribution in [0.15, 0.2) is 17.5 Å². The van der Waals surface area contributed by atoms with Crippen molar-refractivity contribution in [3.05, 3.63) is 17.5 Å². The topological polar surface area (TPSA) is 84.4 Å². The summed E-state index contributed by atoms with van der Waals surface area (Å²) < 4.78 is 4.97. The molecule has 2 aromatic heterocycles. The van der Waals surface area contributed by atoms with E-state index in [-0.39, 0.29) is 24.2 Å². The van der Waals surface area contributed by atoms with Gasteiger partial charge in [-0.15, -0.1) is 21.5 Å². The van der Waals surface area contributed by atoms with Gasteiger partial charge in [-0.25, -0.2) is 0 Å². The summed E-state index contributed by atoms with van der Waals surface area (Å²) in [5.74, 6) is -0.556. The molecule has 0 aliphatic carbocycles. The molecule has 2 aromatic rings. The molecule has 2 amide bonds. The van der Waals surface area contributed by atoms with Crippen LogP contribution in [0.3, 0.4) is 0 Å². The van der Waals surface area contributed by atoms with Crippen molar-refractivity contribution in [1.82, 2.24) is 15.1 Å². The predicted octanol–water partition coefficient (Wildman–Crippen LogP) is 1.70. The van der Waals surface area contributed by atoms with E-state index in [4.69, 9.17) is 4.74 Å². The second-order valence-electron chi connectivity index (χ2n) is 5.11. The van der Waals surface area contributed by atoms with E-state index >= 15 is 0 Å². The summed E-state index contributed by atoms with van der Waals surface area (Å²) in [6, 6.07) is 3.90. The molecule has 122 valence electrons. The lowest BCUT2D eigenvalue weighted by atomic mass is 10.1. The number of nitrogens with zero attached hydrogens (tertiary/aromatic N) is 3. The number of anilines is 1. The van der Waals surface area contributed by atoms with E-state index in [1.54, 1.807) is 23.3 Å². The van der Waals surface area contributed by atoms with Crippen molar-refractivity contribution < 1.29 is 14.3 Å². The summed E-state index contributed by atoms with van der Waals surface area (Å²) in [6.45, 7) is 1.41. The van der Waals surface area contributed by atoms with Crippen molar-refractivity contribution in [1.29, 1.82) is 0 Å². The summed E-state index contributed by atoms with van der Waals surface area (Å²) in [5, 5.41) is 14.0. The standard InChI is InChI=1S/C14H16N4O3S2/c1-21-5-4-18-8-9(7-11(18)19)12(20)15-14-17-16-13(23-14)10-3-2-6-22-10/h2-3,6,9H,4-5,7-8H2,1H3,(H,15,17,20). The maximum atomic E-state index is 12.3. The Morgan fingerprint density at radius 1 is 1.52 bits per heavy atom. The van der Waals surface area contributed by atoms with Crippen LogP contribution >= 0.6 is 22.7 Å².